The summed E-state index contributed by atoms with van der Waals surface area (Å²) < 4.78 is 1.80. The number of aromatic nitrogens is 5. The molecule has 2 N–H and O–H groups in total. The van der Waals surface area contributed by atoms with Crippen LogP contribution in [0.4, 0.5) is 5.95 Å². The number of nitrogens with one attached hydrogen (secondary N) is 2. The van der Waals surface area contributed by atoms with Crippen molar-refractivity contribution in [2.75, 3.05) is 5.32 Å². The fourth-order valence-corrected chi connectivity index (χ4v) is 1.80. The normalized spacial score (nSPS) is 10.8. The van der Waals surface area contributed by atoms with Crippen molar-refractivity contribution >= 4 is 23.0 Å². The second-order valence-electron chi connectivity index (χ2n) is 4.29. The first-order valence-electron chi connectivity index (χ1n) is 5.73. The zero-order valence-corrected chi connectivity index (χ0v) is 10.5. The molecule has 0 aliphatic rings. The molecule has 0 aliphatic carbocycles. The molecule has 3 heterocycles. The molecule has 0 saturated carbocycles. The average Bonchev–Trinajstić information content (AvgIpc) is 2.96. The number of carbonyl (C=O) groups is 1. The van der Waals surface area contributed by atoms with Gasteiger partial charge in [-0.15, -0.1) is 0 Å². The highest BCUT2D eigenvalue weighted by Gasteiger charge is 2.11. The molecule has 0 spiro atoms. The topological polar surface area (TPSA) is 88.5 Å². The molecule has 0 aromatic carbocycles. The van der Waals surface area contributed by atoms with E-state index in [0.29, 0.717) is 17.0 Å². The number of carbonyl (C=O) groups excluding carboxylic acids is 1. The largest absolute Gasteiger partial charge is 0.328 e. The Morgan fingerprint density at radius 2 is 2.16 bits per heavy atom. The summed E-state index contributed by atoms with van der Waals surface area (Å²) in [5.74, 6) is 0.151. The van der Waals surface area contributed by atoms with Gasteiger partial charge in [0.1, 0.15) is 5.52 Å². The van der Waals surface area contributed by atoms with Gasteiger partial charge in [-0.3, -0.25) is 10.1 Å². The number of fused-ring (bicyclic) bond motifs is 1. The highest BCUT2D eigenvalue weighted by Crippen LogP contribution is 2.12. The van der Waals surface area contributed by atoms with Crippen molar-refractivity contribution in [3.8, 4) is 0 Å². The zero-order chi connectivity index (χ0) is 13.4. The molecule has 19 heavy (non-hydrogen) atoms. The Hall–Kier alpha value is -2.70. The highest BCUT2D eigenvalue weighted by atomic mass is 16.1. The third-order valence-electron chi connectivity index (χ3n) is 2.75. The second-order valence-corrected chi connectivity index (χ2v) is 4.29. The number of aryl methyl sites for hydroxylation is 2. The van der Waals surface area contributed by atoms with E-state index in [1.807, 2.05) is 14.0 Å². The van der Waals surface area contributed by atoms with Gasteiger partial charge in [-0.05, 0) is 13.0 Å². The molecule has 0 atom stereocenters. The number of aromatic amines is 1. The van der Waals surface area contributed by atoms with Crippen LogP contribution in [0.15, 0.2) is 24.8 Å². The summed E-state index contributed by atoms with van der Waals surface area (Å²) >= 11 is 0. The summed E-state index contributed by atoms with van der Waals surface area (Å²) in [6, 6.07) is 1.70. The first kappa shape index (κ1) is 11.4. The van der Waals surface area contributed by atoms with Crippen molar-refractivity contribution in [2.24, 2.45) is 7.05 Å². The summed E-state index contributed by atoms with van der Waals surface area (Å²) in [4.78, 5) is 27.4. The van der Waals surface area contributed by atoms with Gasteiger partial charge in [-0.25, -0.2) is 15.0 Å². The number of H-pyrrole nitrogens is 1. The first-order chi connectivity index (χ1) is 9.13. The van der Waals surface area contributed by atoms with Crippen LogP contribution in [0.2, 0.25) is 0 Å². The van der Waals surface area contributed by atoms with Gasteiger partial charge in [0.2, 0.25) is 5.95 Å². The fourth-order valence-electron chi connectivity index (χ4n) is 1.80. The smallest absolute Gasteiger partial charge is 0.259 e. The monoisotopic (exact) mass is 256 g/mol. The number of rotatable bonds is 2. The lowest BCUT2D eigenvalue weighted by atomic mass is 10.2. The van der Waals surface area contributed by atoms with E-state index < -0.39 is 0 Å². The van der Waals surface area contributed by atoms with Crippen molar-refractivity contribution in [3.05, 3.63) is 36.0 Å². The van der Waals surface area contributed by atoms with E-state index in [9.17, 15) is 4.79 Å². The Morgan fingerprint density at radius 3 is 2.89 bits per heavy atom. The van der Waals surface area contributed by atoms with Crippen LogP contribution in [0.25, 0.3) is 11.2 Å². The summed E-state index contributed by atoms with van der Waals surface area (Å²) in [5, 5.41) is 2.67. The molecular weight excluding hydrogens is 244 g/mol. The van der Waals surface area contributed by atoms with Crippen LogP contribution in [0.5, 0.6) is 0 Å². The average molecular weight is 256 g/mol. The van der Waals surface area contributed by atoms with Gasteiger partial charge in [0.05, 0.1) is 11.9 Å². The molecule has 7 nitrogen and oxygen atoms in total. The number of hydrogen-bond acceptors (Lipinski definition) is 4. The van der Waals surface area contributed by atoms with Gasteiger partial charge in [0, 0.05) is 25.1 Å². The molecule has 0 aliphatic heterocycles. The Labute approximate surface area is 108 Å². The van der Waals surface area contributed by atoms with Crippen LogP contribution in [0.1, 0.15) is 16.1 Å². The zero-order valence-electron chi connectivity index (χ0n) is 10.5. The van der Waals surface area contributed by atoms with Crippen LogP contribution in [-0.4, -0.2) is 30.4 Å². The molecule has 7 heteroatoms. The van der Waals surface area contributed by atoms with Gasteiger partial charge in [-0.2, -0.15) is 0 Å². The first-order valence-corrected chi connectivity index (χ1v) is 5.73. The molecular formula is C12H12N6O. The Morgan fingerprint density at radius 1 is 1.32 bits per heavy atom. The standard InChI is InChI=1S/C12H12N6O/c1-7-4-14-12(16-7)17-11(19)8-3-9-10(13-5-8)18(2)6-15-9/h3-6H,1-2H3,(H2,14,16,17,19). The van der Waals surface area contributed by atoms with E-state index >= 15 is 0 Å². The van der Waals surface area contributed by atoms with Crippen LogP contribution < -0.4 is 5.32 Å². The predicted molar refractivity (Wildman–Crippen MR) is 69.8 cm³/mol. The van der Waals surface area contributed by atoms with Gasteiger partial charge < -0.3 is 9.55 Å². The van der Waals surface area contributed by atoms with Crippen molar-refractivity contribution in [3.63, 3.8) is 0 Å². The lowest BCUT2D eigenvalue weighted by molar-refractivity contribution is 0.102. The second kappa shape index (κ2) is 4.20. The van der Waals surface area contributed by atoms with Crippen molar-refractivity contribution in [2.45, 2.75) is 6.92 Å². The number of amides is 1. The van der Waals surface area contributed by atoms with E-state index in [-0.39, 0.29) is 5.91 Å². The summed E-state index contributed by atoms with van der Waals surface area (Å²) in [6.45, 7) is 1.87. The van der Waals surface area contributed by atoms with Crippen LogP contribution in [0.3, 0.4) is 0 Å². The van der Waals surface area contributed by atoms with Crippen LogP contribution in [0, 0.1) is 6.92 Å². The van der Waals surface area contributed by atoms with E-state index in [1.54, 1.807) is 23.2 Å². The van der Waals surface area contributed by atoms with E-state index in [4.69, 9.17) is 0 Å². The Balaban J connectivity index is 1.89. The summed E-state index contributed by atoms with van der Waals surface area (Å²) in [6.07, 6.45) is 4.83. The molecule has 3 aromatic heterocycles. The minimum absolute atomic E-state index is 0.269. The Bertz CT molecular complexity index is 757. The van der Waals surface area contributed by atoms with Gasteiger partial charge in [0.15, 0.2) is 5.65 Å². The minimum atomic E-state index is -0.269. The molecule has 96 valence electrons. The number of imidazole rings is 2. The number of anilines is 1. The van der Waals surface area contributed by atoms with Crippen molar-refractivity contribution < 1.29 is 4.79 Å². The summed E-state index contributed by atoms with van der Waals surface area (Å²) in [5.41, 5.74) is 2.75. The number of hydrogen-bond donors (Lipinski definition) is 2. The fraction of sp³-hybridized carbons (Fsp3) is 0.167. The third kappa shape index (κ3) is 2.05. The van der Waals surface area contributed by atoms with Crippen LogP contribution >= 0.6 is 0 Å². The number of pyridine rings is 1. The maximum absolute atomic E-state index is 12.0. The van der Waals surface area contributed by atoms with Gasteiger partial charge in [0.25, 0.3) is 5.91 Å². The predicted octanol–water partition coefficient (Wildman–Crippen LogP) is 1.25. The lowest BCUT2D eigenvalue weighted by Crippen LogP contribution is -2.13. The van der Waals surface area contributed by atoms with Gasteiger partial charge >= 0.3 is 0 Å². The lowest BCUT2D eigenvalue weighted by Gasteiger charge is -2.01. The van der Waals surface area contributed by atoms with Crippen molar-refractivity contribution in [1.82, 2.24) is 24.5 Å². The minimum Gasteiger partial charge on any atom is -0.328 e. The number of nitrogens with zero attached hydrogens (tertiary/aromatic N) is 4. The van der Waals surface area contributed by atoms with E-state index in [0.717, 1.165) is 11.3 Å². The molecule has 3 rings (SSSR count). The molecule has 3 aromatic rings. The highest BCUT2D eigenvalue weighted by molar-refractivity contribution is 6.04. The molecule has 0 bridgehead atoms. The summed E-state index contributed by atoms with van der Waals surface area (Å²) in [7, 11) is 1.85. The molecule has 0 fully saturated rings. The third-order valence-corrected chi connectivity index (χ3v) is 2.75. The van der Waals surface area contributed by atoms with Crippen molar-refractivity contribution in [1.29, 1.82) is 0 Å². The molecule has 0 radical (unpaired) electrons. The molecule has 0 unspecified atom stereocenters. The van der Waals surface area contributed by atoms with Crippen LogP contribution in [-0.2, 0) is 7.05 Å². The molecule has 0 saturated heterocycles. The maximum atomic E-state index is 12.0. The SMILES string of the molecule is Cc1cnc(NC(=O)c2cnc3c(c2)ncn3C)[nH]1. The maximum Gasteiger partial charge on any atom is 0.259 e. The van der Waals surface area contributed by atoms with Gasteiger partial charge in [-0.1, -0.05) is 0 Å². The van der Waals surface area contributed by atoms with E-state index in [2.05, 4.69) is 25.3 Å². The molecule has 1 amide bonds. The van der Waals surface area contributed by atoms with E-state index in [1.165, 1.54) is 6.20 Å². The Kier molecular flexibility index (Phi) is 2.52. The quantitative estimate of drug-likeness (QED) is 0.722.